The maximum absolute atomic E-state index is 14.1. The second-order valence-corrected chi connectivity index (χ2v) is 14.8. The quantitative estimate of drug-likeness (QED) is 0.248. The Bertz CT molecular complexity index is 1510. The molecule has 14 unspecified atom stereocenters. The number of fused-ring (bicyclic) bond motifs is 2. The summed E-state index contributed by atoms with van der Waals surface area (Å²) in [6.45, 7) is 1.64. The van der Waals surface area contributed by atoms with E-state index in [1.807, 2.05) is 0 Å². The van der Waals surface area contributed by atoms with Gasteiger partial charge in [-0.15, -0.1) is 0 Å². The summed E-state index contributed by atoms with van der Waals surface area (Å²) in [6, 6.07) is 4.08. The minimum Gasteiger partial charge on any atom is -0.493 e. The van der Waals surface area contributed by atoms with Crippen LogP contribution in [0, 0.1) is 34.5 Å². The van der Waals surface area contributed by atoms with E-state index in [0.29, 0.717) is 11.5 Å². The molecule has 14 heteroatoms. The van der Waals surface area contributed by atoms with E-state index < -0.39 is 94.2 Å². The number of hydrogen-bond acceptors (Lipinski definition) is 13. The van der Waals surface area contributed by atoms with E-state index in [2.05, 4.69) is 0 Å². The number of hydrogen-bond donors (Lipinski definition) is 2. The number of likely N-dealkylation sites (tertiary alicyclic amines) is 1. The molecule has 1 aliphatic heterocycles. The number of benzene rings is 1. The molecule has 7 rings (SSSR count). The molecule has 14 nitrogen and oxygen atoms in total. The molecule has 2 N–H and O–H groups in total. The average Bonchev–Trinajstić information content (AvgIpc) is 3.46. The number of methoxy groups -OCH3 is 6. The van der Waals surface area contributed by atoms with Crippen LogP contribution >= 0.6 is 0 Å². The molecule has 0 aromatic heterocycles. The average molecular weight is 690 g/mol. The summed E-state index contributed by atoms with van der Waals surface area (Å²) in [5.74, 6) is -2.94. The van der Waals surface area contributed by atoms with Gasteiger partial charge in [0.2, 0.25) is 6.41 Å². The van der Waals surface area contributed by atoms with Crippen molar-refractivity contribution < 1.29 is 62.5 Å². The van der Waals surface area contributed by atoms with Crippen LogP contribution in [0.4, 0.5) is 0 Å². The summed E-state index contributed by atoms with van der Waals surface area (Å²) in [7, 11) is 9.16. The number of piperidine rings is 1. The van der Waals surface area contributed by atoms with Crippen molar-refractivity contribution >= 4 is 18.3 Å². The summed E-state index contributed by atoms with van der Waals surface area (Å²) < 4.78 is 48.2. The number of ether oxygens (including phenoxy) is 8. The first-order chi connectivity index (χ1) is 23.4. The van der Waals surface area contributed by atoms with Gasteiger partial charge < -0.3 is 53.0 Å². The van der Waals surface area contributed by atoms with E-state index >= 15 is 0 Å². The first-order valence-corrected chi connectivity index (χ1v) is 16.7. The molecule has 1 aromatic rings. The SMILES string of the molecule is COCC12CN(C=O)C3C4C(OC)C1C3(C(OC)CC2O)C1CC2(O)C(OC)CC4(OC(C)=O)C1C2OC(=O)c1ccc(OC)c(OC)c1. The third-order valence-corrected chi connectivity index (χ3v) is 13.4. The molecular weight excluding hydrogens is 642 g/mol. The van der Waals surface area contributed by atoms with Gasteiger partial charge in [0, 0.05) is 89.4 Å². The predicted octanol–water partition coefficient (Wildman–Crippen LogP) is 0.831. The number of esters is 2. The molecule has 1 saturated heterocycles. The highest BCUT2D eigenvalue weighted by atomic mass is 16.6. The van der Waals surface area contributed by atoms with Crippen molar-refractivity contribution in [3.63, 3.8) is 0 Å². The van der Waals surface area contributed by atoms with Crippen molar-refractivity contribution in [2.24, 2.45) is 34.5 Å². The minimum absolute atomic E-state index is 0.0686. The van der Waals surface area contributed by atoms with Crippen molar-refractivity contribution in [2.45, 2.75) is 73.9 Å². The zero-order valence-electron chi connectivity index (χ0n) is 29.0. The van der Waals surface area contributed by atoms with Gasteiger partial charge in [-0.05, 0) is 30.5 Å². The summed E-state index contributed by atoms with van der Waals surface area (Å²) in [5.41, 5.74) is -4.85. The van der Waals surface area contributed by atoms with Gasteiger partial charge in [-0.25, -0.2) is 4.79 Å². The molecule has 5 aliphatic carbocycles. The Kier molecular flexibility index (Phi) is 8.28. The lowest BCUT2D eigenvalue weighted by Gasteiger charge is -2.69. The highest BCUT2D eigenvalue weighted by molar-refractivity contribution is 5.90. The molecule has 7 bridgehead atoms. The van der Waals surface area contributed by atoms with E-state index in [4.69, 9.17) is 37.9 Å². The highest BCUT2D eigenvalue weighted by Gasteiger charge is 2.90. The molecule has 5 saturated carbocycles. The molecular formula is C35H47NO13. The smallest absolute Gasteiger partial charge is 0.338 e. The Hall–Kier alpha value is -3.01. The lowest BCUT2D eigenvalue weighted by atomic mass is 9.42. The third-order valence-electron chi connectivity index (χ3n) is 13.4. The second kappa shape index (κ2) is 11.8. The normalized spacial score (nSPS) is 45.4. The first-order valence-electron chi connectivity index (χ1n) is 16.7. The molecule has 1 amide bonds. The van der Waals surface area contributed by atoms with E-state index in [-0.39, 0.29) is 38.0 Å². The Balaban J connectivity index is 1.47. The highest BCUT2D eigenvalue weighted by Crippen LogP contribution is 2.80. The second-order valence-electron chi connectivity index (χ2n) is 14.8. The minimum atomic E-state index is -1.71. The van der Waals surface area contributed by atoms with E-state index in [0.717, 1.165) is 6.41 Å². The third kappa shape index (κ3) is 4.12. The molecule has 6 fully saturated rings. The van der Waals surface area contributed by atoms with Crippen LogP contribution in [0.5, 0.6) is 11.5 Å². The summed E-state index contributed by atoms with van der Waals surface area (Å²) >= 11 is 0. The standard InChI is InChI=1S/C35H47NO13/c1-17(38)49-34-13-24(46-6)33(41)12-19(25(34)30(33)48-31(40)18-8-9-20(43-3)21(10-18)44-4)35-23(45-5)11-22(39)32(15-42-2)14-36(16-37)29(35)26(34)27(47-7)28(32)35/h8-10,16,19,22-30,39,41H,11-15H2,1-7H3. The van der Waals surface area contributed by atoms with Crippen LogP contribution in [-0.2, 0) is 38.0 Å². The van der Waals surface area contributed by atoms with Gasteiger partial charge in [-0.3, -0.25) is 9.59 Å². The molecule has 1 spiro atoms. The van der Waals surface area contributed by atoms with Gasteiger partial charge in [0.05, 0.1) is 50.8 Å². The summed E-state index contributed by atoms with van der Waals surface area (Å²) in [6.07, 6.45) is -3.10. The van der Waals surface area contributed by atoms with Crippen LogP contribution < -0.4 is 9.47 Å². The van der Waals surface area contributed by atoms with E-state index in [1.165, 1.54) is 34.3 Å². The molecule has 49 heavy (non-hydrogen) atoms. The van der Waals surface area contributed by atoms with Crippen molar-refractivity contribution in [3.05, 3.63) is 23.8 Å². The van der Waals surface area contributed by atoms with E-state index in [9.17, 15) is 24.6 Å². The van der Waals surface area contributed by atoms with Crippen molar-refractivity contribution in [3.8, 4) is 11.5 Å². The fraction of sp³-hybridized carbons (Fsp3) is 0.743. The number of amides is 1. The van der Waals surface area contributed by atoms with Crippen LogP contribution in [-0.4, -0.2) is 137 Å². The van der Waals surface area contributed by atoms with Crippen LogP contribution in [0.2, 0.25) is 0 Å². The largest absolute Gasteiger partial charge is 0.493 e. The number of carbonyl (C=O) groups excluding carboxylic acids is 3. The van der Waals surface area contributed by atoms with Crippen molar-refractivity contribution in [2.75, 3.05) is 55.8 Å². The molecule has 14 atom stereocenters. The molecule has 1 aromatic carbocycles. The molecule has 1 heterocycles. The van der Waals surface area contributed by atoms with Crippen LogP contribution in [0.25, 0.3) is 0 Å². The van der Waals surface area contributed by atoms with Gasteiger partial charge in [0.1, 0.15) is 17.3 Å². The molecule has 270 valence electrons. The van der Waals surface area contributed by atoms with Crippen molar-refractivity contribution in [1.82, 2.24) is 4.90 Å². The van der Waals surface area contributed by atoms with Crippen LogP contribution in [0.3, 0.4) is 0 Å². The monoisotopic (exact) mass is 689 g/mol. The molecule has 6 aliphatic rings. The fourth-order valence-electron chi connectivity index (χ4n) is 12.3. The summed E-state index contributed by atoms with van der Waals surface area (Å²) in [5, 5.41) is 24.8. The Labute approximate surface area is 285 Å². The van der Waals surface area contributed by atoms with Gasteiger partial charge in [0.25, 0.3) is 0 Å². The Morgan fingerprint density at radius 1 is 0.980 bits per heavy atom. The predicted molar refractivity (Wildman–Crippen MR) is 168 cm³/mol. The maximum Gasteiger partial charge on any atom is 0.338 e. The zero-order chi connectivity index (χ0) is 35.3. The number of nitrogens with zero attached hydrogens (tertiary/aromatic N) is 1. The van der Waals surface area contributed by atoms with Gasteiger partial charge in [-0.1, -0.05) is 0 Å². The number of aliphatic hydroxyl groups excluding tert-OH is 1. The Morgan fingerprint density at radius 3 is 2.29 bits per heavy atom. The maximum atomic E-state index is 14.1. The number of carbonyl (C=O) groups is 3. The lowest BCUT2D eigenvalue weighted by Crippen LogP contribution is -2.79. The van der Waals surface area contributed by atoms with Gasteiger partial charge >= 0.3 is 11.9 Å². The number of rotatable bonds is 11. The molecule has 0 radical (unpaired) electrons. The van der Waals surface area contributed by atoms with Crippen LogP contribution in [0.15, 0.2) is 18.2 Å². The van der Waals surface area contributed by atoms with Crippen molar-refractivity contribution in [1.29, 1.82) is 0 Å². The Morgan fingerprint density at radius 2 is 1.69 bits per heavy atom. The lowest BCUT2D eigenvalue weighted by molar-refractivity contribution is -0.295. The first kappa shape index (κ1) is 34.4. The van der Waals surface area contributed by atoms with Gasteiger partial charge in [-0.2, -0.15) is 0 Å². The topological polar surface area (TPSA) is 169 Å². The van der Waals surface area contributed by atoms with Crippen LogP contribution in [0.1, 0.15) is 36.5 Å². The summed E-state index contributed by atoms with van der Waals surface area (Å²) in [4.78, 5) is 42.2. The van der Waals surface area contributed by atoms with Gasteiger partial charge in [0.15, 0.2) is 11.5 Å². The van der Waals surface area contributed by atoms with E-state index in [1.54, 1.807) is 38.4 Å². The fourth-order valence-corrected chi connectivity index (χ4v) is 12.3. The number of aliphatic hydroxyl groups is 2. The zero-order valence-corrected chi connectivity index (χ0v) is 29.0.